The molecule has 0 spiro atoms. The largest absolute Gasteiger partial charge is 0.507 e. The molecule has 170 valence electrons. The SMILES string of the molecule is O=C(CO/N=C1\CCCC/C=C/CCOC(=O)c2c(O)cc(O)c(Cl)c2C1)NCCO. The highest BCUT2D eigenvalue weighted by atomic mass is 35.5. The number of carbonyl (C=O) groups is 2. The summed E-state index contributed by atoms with van der Waals surface area (Å²) in [6.07, 6.45) is 7.50. The lowest BCUT2D eigenvalue weighted by Gasteiger charge is -2.15. The van der Waals surface area contributed by atoms with E-state index in [-0.39, 0.29) is 54.7 Å². The van der Waals surface area contributed by atoms with E-state index in [4.69, 9.17) is 26.3 Å². The van der Waals surface area contributed by atoms with E-state index in [2.05, 4.69) is 10.5 Å². The number of esters is 1. The number of rotatable bonds is 5. The Bertz CT molecular complexity index is 840. The number of phenols is 2. The first-order valence-corrected chi connectivity index (χ1v) is 10.4. The van der Waals surface area contributed by atoms with Gasteiger partial charge in [0.2, 0.25) is 0 Å². The molecule has 1 heterocycles. The number of ether oxygens (including phenoxy) is 1. The lowest BCUT2D eigenvalue weighted by molar-refractivity contribution is -0.125. The summed E-state index contributed by atoms with van der Waals surface area (Å²) in [5.74, 6) is -2.03. The summed E-state index contributed by atoms with van der Waals surface area (Å²) in [4.78, 5) is 29.4. The Morgan fingerprint density at radius 2 is 2.00 bits per heavy atom. The number of aliphatic hydroxyl groups is 1. The van der Waals surface area contributed by atoms with Crippen LogP contribution in [0.1, 0.15) is 48.0 Å². The van der Waals surface area contributed by atoms with Crippen molar-refractivity contribution in [3.05, 3.63) is 34.4 Å². The number of hydrogen-bond acceptors (Lipinski definition) is 8. The first-order chi connectivity index (χ1) is 14.9. The number of benzene rings is 1. The molecule has 0 saturated heterocycles. The van der Waals surface area contributed by atoms with Gasteiger partial charge in [-0.15, -0.1) is 0 Å². The third kappa shape index (κ3) is 7.76. The molecule has 0 atom stereocenters. The maximum Gasteiger partial charge on any atom is 0.342 e. The summed E-state index contributed by atoms with van der Waals surface area (Å²) in [7, 11) is 0. The van der Waals surface area contributed by atoms with Gasteiger partial charge in [0, 0.05) is 19.0 Å². The van der Waals surface area contributed by atoms with Gasteiger partial charge < -0.3 is 30.2 Å². The molecule has 0 radical (unpaired) electrons. The summed E-state index contributed by atoms with van der Waals surface area (Å²) in [5, 5.41) is 35.4. The number of aromatic hydroxyl groups is 2. The Balaban J connectivity index is 2.31. The number of aliphatic hydroxyl groups excluding tert-OH is 1. The highest BCUT2D eigenvalue weighted by Crippen LogP contribution is 2.37. The molecule has 9 nitrogen and oxygen atoms in total. The Hall–Kier alpha value is -2.78. The molecule has 31 heavy (non-hydrogen) atoms. The van der Waals surface area contributed by atoms with Crippen molar-refractivity contribution in [2.75, 3.05) is 26.4 Å². The summed E-state index contributed by atoms with van der Waals surface area (Å²) >= 11 is 6.24. The molecule has 10 heteroatoms. The molecule has 1 amide bonds. The molecule has 0 fully saturated rings. The van der Waals surface area contributed by atoms with Crippen molar-refractivity contribution in [3.63, 3.8) is 0 Å². The predicted molar refractivity (Wildman–Crippen MR) is 114 cm³/mol. The maximum atomic E-state index is 12.6. The van der Waals surface area contributed by atoms with E-state index in [0.29, 0.717) is 18.6 Å². The van der Waals surface area contributed by atoms with Crippen LogP contribution in [0.25, 0.3) is 0 Å². The number of allylic oxidation sites excluding steroid dienone is 1. The zero-order valence-corrected chi connectivity index (χ0v) is 17.9. The zero-order valence-electron chi connectivity index (χ0n) is 17.1. The van der Waals surface area contributed by atoms with E-state index < -0.39 is 17.6 Å². The second-order valence-electron chi connectivity index (χ2n) is 6.91. The van der Waals surface area contributed by atoms with Crippen LogP contribution >= 0.6 is 11.6 Å². The molecule has 1 aromatic rings. The lowest BCUT2D eigenvalue weighted by Crippen LogP contribution is -2.29. The molecule has 1 aliphatic heterocycles. The van der Waals surface area contributed by atoms with Crippen LogP contribution in [0.15, 0.2) is 23.4 Å². The number of amides is 1. The minimum Gasteiger partial charge on any atom is -0.507 e. The molecule has 1 aliphatic rings. The van der Waals surface area contributed by atoms with Gasteiger partial charge in [0.25, 0.3) is 5.91 Å². The van der Waals surface area contributed by atoms with Gasteiger partial charge in [-0.25, -0.2) is 4.79 Å². The maximum absolute atomic E-state index is 12.6. The molecular formula is C21H27ClN2O7. The van der Waals surface area contributed by atoms with Crippen molar-refractivity contribution in [2.24, 2.45) is 5.16 Å². The van der Waals surface area contributed by atoms with Gasteiger partial charge >= 0.3 is 5.97 Å². The number of oxime groups is 1. The first-order valence-electron chi connectivity index (χ1n) is 10.0. The van der Waals surface area contributed by atoms with E-state index in [1.165, 1.54) is 0 Å². The summed E-state index contributed by atoms with van der Waals surface area (Å²) < 4.78 is 5.24. The molecule has 0 aliphatic carbocycles. The van der Waals surface area contributed by atoms with E-state index in [0.717, 1.165) is 25.3 Å². The third-order valence-electron chi connectivity index (χ3n) is 4.50. The molecule has 0 aromatic heterocycles. The van der Waals surface area contributed by atoms with Crippen LogP contribution in [0.4, 0.5) is 0 Å². The molecule has 0 bridgehead atoms. The van der Waals surface area contributed by atoms with Crippen LogP contribution in [0.5, 0.6) is 11.5 Å². The fourth-order valence-electron chi connectivity index (χ4n) is 3.00. The van der Waals surface area contributed by atoms with Gasteiger partial charge in [0.05, 0.1) is 23.9 Å². The number of nitrogens with one attached hydrogen (secondary N) is 1. The smallest absolute Gasteiger partial charge is 0.342 e. The van der Waals surface area contributed by atoms with Crippen LogP contribution in [0, 0.1) is 0 Å². The molecule has 1 aromatic carbocycles. The third-order valence-corrected chi connectivity index (χ3v) is 4.92. The number of nitrogens with zero attached hydrogens (tertiary/aromatic N) is 1. The van der Waals surface area contributed by atoms with Crippen LogP contribution in [0.2, 0.25) is 5.02 Å². The van der Waals surface area contributed by atoms with E-state index >= 15 is 0 Å². The van der Waals surface area contributed by atoms with Crippen LogP contribution in [-0.4, -0.2) is 59.3 Å². The highest BCUT2D eigenvalue weighted by molar-refractivity contribution is 6.33. The van der Waals surface area contributed by atoms with Crippen molar-refractivity contribution in [1.82, 2.24) is 5.32 Å². The Morgan fingerprint density at radius 3 is 2.77 bits per heavy atom. The van der Waals surface area contributed by atoms with Gasteiger partial charge in [0.15, 0.2) is 6.61 Å². The second-order valence-corrected chi connectivity index (χ2v) is 7.28. The zero-order chi connectivity index (χ0) is 22.6. The molecular weight excluding hydrogens is 428 g/mol. The van der Waals surface area contributed by atoms with Gasteiger partial charge in [-0.3, -0.25) is 4.79 Å². The Labute approximate surface area is 185 Å². The molecule has 0 unspecified atom stereocenters. The van der Waals surface area contributed by atoms with Gasteiger partial charge in [-0.05, 0) is 37.7 Å². The first kappa shape index (κ1) is 24.5. The van der Waals surface area contributed by atoms with E-state index in [1.54, 1.807) is 0 Å². The standard InChI is InChI=1S/C21H27ClN2O7/c22-20-15-11-14(24-31-13-18(28)23-8-9-25)7-5-3-1-2-4-6-10-30-21(29)19(15)16(26)12-17(20)27/h2,4,12,25-27H,1,3,5-11,13H2,(H,23,28)/b4-2+,24-14+. The summed E-state index contributed by atoms with van der Waals surface area (Å²) in [6.45, 7) is -0.289. The minimum atomic E-state index is -0.761. The van der Waals surface area contributed by atoms with Gasteiger partial charge in [0.1, 0.15) is 17.1 Å². The van der Waals surface area contributed by atoms with E-state index in [1.807, 2.05) is 12.2 Å². The normalized spacial score (nSPS) is 17.9. The fraction of sp³-hybridized carbons (Fsp3) is 0.476. The van der Waals surface area contributed by atoms with Crippen molar-refractivity contribution < 1.29 is 34.5 Å². The molecule has 2 rings (SSSR count). The quantitative estimate of drug-likeness (QED) is 0.304. The number of phenolic OH excluding ortho intramolecular Hbond substituents is 2. The lowest BCUT2D eigenvalue weighted by atomic mass is 9.97. The summed E-state index contributed by atoms with van der Waals surface area (Å²) in [6, 6.07) is 0.990. The monoisotopic (exact) mass is 454 g/mol. The van der Waals surface area contributed by atoms with Crippen molar-refractivity contribution in [1.29, 1.82) is 0 Å². The highest BCUT2D eigenvalue weighted by Gasteiger charge is 2.24. The summed E-state index contributed by atoms with van der Waals surface area (Å²) in [5.41, 5.74) is 0.512. The second kappa shape index (κ2) is 12.8. The predicted octanol–water partition coefficient (Wildman–Crippen LogP) is 2.45. The Morgan fingerprint density at radius 1 is 1.23 bits per heavy atom. The molecule has 4 N–H and O–H groups in total. The fourth-order valence-corrected chi connectivity index (χ4v) is 3.21. The van der Waals surface area contributed by atoms with Crippen LogP contribution < -0.4 is 5.32 Å². The number of carbonyl (C=O) groups excluding carboxylic acids is 2. The average molecular weight is 455 g/mol. The number of halogens is 1. The molecule has 0 saturated carbocycles. The van der Waals surface area contributed by atoms with E-state index in [9.17, 15) is 19.8 Å². The average Bonchev–Trinajstić information content (AvgIpc) is 2.73. The van der Waals surface area contributed by atoms with Gasteiger partial charge in [-0.2, -0.15) is 0 Å². The van der Waals surface area contributed by atoms with Crippen molar-refractivity contribution in [2.45, 2.75) is 38.5 Å². The van der Waals surface area contributed by atoms with Crippen LogP contribution in [0.3, 0.4) is 0 Å². The topological polar surface area (TPSA) is 138 Å². The minimum absolute atomic E-state index is 0.0132. The van der Waals surface area contributed by atoms with Gasteiger partial charge in [-0.1, -0.05) is 28.9 Å². The van der Waals surface area contributed by atoms with Crippen molar-refractivity contribution >= 4 is 29.2 Å². The number of hydrogen-bond donors (Lipinski definition) is 4. The van der Waals surface area contributed by atoms with Crippen molar-refractivity contribution in [3.8, 4) is 11.5 Å². The van der Waals surface area contributed by atoms with Crippen LogP contribution in [-0.2, 0) is 20.8 Å². The number of fused-ring (bicyclic) bond motifs is 1. The number of cyclic esters (lactones) is 1. The Kier molecular flexibility index (Phi) is 10.1.